The summed E-state index contributed by atoms with van der Waals surface area (Å²) in [6.07, 6.45) is 0.353. The number of carbonyl (C=O) groups is 2. The van der Waals surface area contributed by atoms with E-state index in [9.17, 15) is 14.0 Å². The van der Waals surface area contributed by atoms with Crippen molar-refractivity contribution in [1.82, 2.24) is 4.98 Å². The summed E-state index contributed by atoms with van der Waals surface area (Å²) in [6.45, 7) is 3.57. The second-order valence-electron chi connectivity index (χ2n) is 6.07. The number of rotatable bonds is 4. The van der Waals surface area contributed by atoms with Gasteiger partial charge in [-0.1, -0.05) is 0 Å². The van der Waals surface area contributed by atoms with E-state index in [1.54, 1.807) is 37.4 Å². The lowest BCUT2D eigenvalue weighted by Crippen LogP contribution is -2.34. The summed E-state index contributed by atoms with van der Waals surface area (Å²) < 4.78 is 19.7. The minimum atomic E-state index is -0.643. The molecule has 1 unspecified atom stereocenters. The van der Waals surface area contributed by atoms with E-state index in [1.165, 1.54) is 11.0 Å². The number of primary amides is 1. The summed E-state index contributed by atoms with van der Waals surface area (Å²) in [5.41, 5.74) is 7.54. The average molecular weight is 343 g/mol. The lowest BCUT2D eigenvalue weighted by atomic mass is 10.0. The number of nitrogens with two attached hydrogens (primary N) is 1. The van der Waals surface area contributed by atoms with Crippen molar-refractivity contribution in [2.45, 2.75) is 20.0 Å². The number of cyclic esters (lactones) is 1. The predicted molar refractivity (Wildman–Crippen MR) is 90.3 cm³/mol. The summed E-state index contributed by atoms with van der Waals surface area (Å²) in [5, 5.41) is 0. The van der Waals surface area contributed by atoms with E-state index in [0.717, 1.165) is 5.69 Å². The van der Waals surface area contributed by atoms with Crippen LogP contribution in [0.3, 0.4) is 0 Å². The maximum atomic E-state index is 14.6. The van der Waals surface area contributed by atoms with Crippen LogP contribution in [0.4, 0.5) is 14.9 Å². The van der Waals surface area contributed by atoms with Gasteiger partial charge in [0.1, 0.15) is 11.9 Å². The highest BCUT2D eigenvalue weighted by Crippen LogP contribution is 2.30. The molecule has 2 aromatic rings. The molecule has 1 fully saturated rings. The van der Waals surface area contributed by atoms with E-state index in [4.69, 9.17) is 10.5 Å². The number of carbonyl (C=O) groups excluding carboxylic acids is 2. The fourth-order valence-electron chi connectivity index (χ4n) is 2.76. The number of nitrogens with zero attached hydrogens (tertiary/aromatic N) is 2. The van der Waals surface area contributed by atoms with Crippen LogP contribution in [-0.4, -0.2) is 29.6 Å². The van der Waals surface area contributed by atoms with E-state index in [-0.39, 0.29) is 6.54 Å². The second kappa shape index (κ2) is 6.51. The van der Waals surface area contributed by atoms with Crippen LogP contribution in [0, 0.1) is 18.7 Å². The van der Waals surface area contributed by atoms with Gasteiger partial charge in [0.05, 0.1) is 18.2 Å². The Hall–Kier alpha value is -2.96. The third kappa shape index (κ3) is 3.31. The number of benzene rings is 1. The van der Waals surface area contributed by atoms with Crippen LogP contribution in [-0.2, 0) is 9.53 Å². The monoisotopic (exact) mass is 343 g/mol. The number of aromatic nitrogens is 1. The fraction of sp³-hybridized carbons (Fsp3) is 0.278. The Morgan fingerprint density at radius 3 is 2.80 bits per heavy atom. The average Bonchev–Trinajstić information content (AvgIpc) is 2.95. The largest absolute Gasteiger partial charge is 0.443 e. The number of halogens is 1. The molecule has 1 aliphatic rings. The standard InChI is InChI=1S/C18H18FN3O3/c1-10-7-12(5-6-21-10)14-4-3-13(8-15(14)19)22-9-16(25-18(22)24)11(2)17(20)23/h3-8,11,16H,9H2,1-2H3,(H2,20,23)/t11-,16?/m0/s1. The molecule has 2 atom stereocenters. The summed E-state index contributed by atoms with van der Waals surface area (Å²) in [7, 11) is 0. The quantitative estimate of drug-likeness (QED) is 0.925. The molecular weight excluding hydrogens is 325 g/mol. The van der Waals surface area contributed by atoms with E-state index < -0.39 is 29.8 Å². The summed E-state index contributed by atoms with van der Waals surface area (Å²) >= 11 is 0. The molecule has 3 rings (SSSR count). The van der Waals surface area contributed by atoms with Gasteiger partial charge in [-0.25, -0.2) is 9.18 Å². The molecule has 2 N–H and O–H groups in total. The third-order valence-electron chi connectivity index (χ3n) is 4.31. The van der Waals surface area contributed by atoms with Gasteiger partial charge in [-0.15, -0.1) is 0 Å². The van der Waals surface area contributed by atoms with Crippen molar-refractivity contribution in [2.75, 3.05) is 11.4 Å². The molecule has 130 valence electrons. The lowest BCUT2D eigenvalue weighted by molar-refractivity contribution is -0.123. The first kappa shape index (κ1) is 16.9. The Labute approximate surface area is 144 Å². The highest BCUT2D eigenvalue weighted by molar-refractivity contribution is 5.91. The second-order valence-corrected chi connectivity index (χ2v) is 6.07. The number of anilines is 1. The van der Waals surface area contributed by atoms with Crippen LogP contribution < -0.4 is 10.6 Å². The van der Waals surface area contributed by atoms with E-state index in [2.05, 4.69) is 4.98 Å². The van der Waals surface area contributed by atoms with Crippen molar-refractivity contribution in [3.63, 3.8) is 0 Å². The van der Waals surface area contributed by atoms with Gasteiger partial charge < -0.3 is 10.5 Å². The number of aryl methyl sites for hydroxylation is 1. The molecule has 0 bridgehead atoms. The van der Waals surface area contributed by atoms with Gasteiger partial charge in [0.2, 0.25) is 5.91 Å². The normalized spacial score (nSPS) is 18.1. The molecule has 1 aromatic carbocycles. The molecule has 7 heteroatoms. The molecule has 2 heterocycles. The smallest absolute Gasteiger partial charge is 0.414 e. The topological polar surface area (TPSA) is 85.5 Å². The van der Waals surface area contributed by atoms with Gasteiger partial charge in [0.15, 0.2) is 0 Å². The van der Waals surface area contributed by atoms with Gasteiger partial charge >= 0.3 is 6.09 Å². The molecule has 25 heavy (non-hydrogen) atoms. The van der Waals surface area contributed by atoms with Crippen LogP contribution in [0.5, 0.6) is 0 Å². The van der Waals surface area contributed by atoms with Gasteiger partial charge in [-0.2, -0.15) is 0 Å². The molecule has 1 aliphatic heterocycles. The molecule has 1 aromatic heterocycles. The first-order valence-electron chi connectivity index (χ1n) is 7.87. The van der Waals surface area contributed by atoms with Crippen LogP contribution in [0.25, 0.3) is 11.1 Å². The van der Waals surface area contributed by atoms with Crippen molar-refractivity contribution in [2.24, 2.45) is 11.7 Å². The van der Waals surface area contributed by atoms with E-state index >= 15 is 0 Å². The molecule has 1 saturated heterocycles. The summed E-state index contributed by atoms with van der Waals surface area (Å²) in [5.74, 6) is -1.62. The third-order valence-corrected chi connectivity index (χ3v) is 4.31. The van der Waals surface area contributed by atoms with Crippen LogP contribution in [0.2, 0.25) is 0 Å². The van der Waals surface area contributed by atoms with E-state index in [0.29, 0.717) is 16.8 Å². The van der Waals surface area contributed by atoms with Gasteiger partial charge in [-0.05, 0) is 49.7 Å². The number of hydrogen-bond donors (Lipinski definition) is 1. The van der Waals surface area contributed by atoms with Crippen LogP contribution >= 0.6 is 0 Å². The Bertz CT molecular complexity index is 840. The summed E-state index contributed by atoms with van der Waals surface area (Å²) in [4.78, 5) is 28.7. The van der Waals surface area contributed by atoms with Crippen molar-refractivity contribution in [3.05, 3.63) is 48.0 Å². The zero-order valence-electron chi connectivity index (χ0n) is 13.9. The molecule has 2 amide bonds. The highest BCUT2D eigenvalue weighted by Gasteiger charge is 2.37. The number of ether oxygens (including phenoxy) is 1. The first-order chi connectivity index (χ1) is 11.9. The Morgan fingerprint density at radius 1 is 1.40 bits per heavy atom. The number of pyridine rings is 1. The fourth-order valence-corrected chi connectivity index (χ4v) is 2.76. The van der Waals surface area contributed by atoms with Crippen LogP contribution in [0.1, 0.15) is 12.6 Å². The van der Waals surface area contributed by atoms with E-state index in [1.807, 2.05) is 6.92 Å². The maximum Gasteiger partial charge on any atom is 0.414 e. The van der Waals surface area contributed by atoms with Gasteiger partial charge in [-0.3, -0.25) is 14.7 Å². The van der Waals surface area contributed by atoms with Crippen molar-refractivity contribution in [3.8, 4) is 11.1 Å². The Balaban J connectivity index is 1.86. The minimum Gasteiger partial charge on any atom is -0.443 e. The molecule has 0 aliphatic carbocycles. The molecule has 0 spiro atoms. The predicted octanol–water partition coefficient (Wildman–Crippen LogP) is 2.64. The molecule has 0 saturated carbocycles. The lowest BCUT2D eigenvalue weighted by Gasteiger charge is -2.16. The SMILES string of the molecule is Cc1cc(-c2ccc(N3CC([C@H](C)C(N)=O)OC3=O)cc2F)ccn1. The highest BCUT2D eigenvalue weighted by atomic mass is 19.1. The maximum absolute atomic E-state index is 14.6. The molecule has 6 nitrogen and oxygen atoms in total. The number of hydrogen-bond acceptors (Lipinski definition) is 4. The zero-order chi connectivity index (χ0) is 18.1. The first-order valence-corrected chi connectivity index (χ1v) is 7.87. The van der Waals surface area contributed by atoms with Gasteiger partial charge in [0, 0.05) is 17.5 Å². The Morgan fingerprint density at radius 2 is 2.16 bits per heavy atom. The summed E-state index contributed by atoms with van der Waals surface area (Å²) in [6, 6.07) is 8.04. The van der Waals surface area contributed by atoms with Gasteiger partial charge in [0.25, 0.3) is 0 Å². The van der Waals surface area contributed by atoms with Crippen molar-refractivity contribution < 1.29 is 18.7 Å². The minimum absolute atomic E-state index is 0.149. The molecular formula is C18H18FN3O3. The number of amides is 2. The zero-order valence-corrected chi connectivity index (χ0v) is 13.9. The molecule has 0 radical (unpaired) electrons. The van der Waals surface area contributed by atoms with Crippen molar-refractivity contribution >= 4 is 17.7 Å². The Kier molecular flexibility index (Phi) is 4.39. The van der Waals surface area contributed by atoms with Crippen LogP contribution in [0.15, 0.2) is 36.5 Å². The van der Waals surface area contributed by atoms with Crippen molar-refractivity contribution in [1.29, 1.82) is 0 Å².